The summed E-state index contributed by atoms with van der Waals surface area (Å²) in [6, 6.07) is 0. The average Bonchev–Trinajstić information content (AvgIpc) is 2.07. The highest BCUT2D eigenvalue weighted by molar-refractivity contribution is 7.94. The zero-order chi connectivity index (χ0) is 7.94. The van der Waals surface area contributed by atoms with Gasteiger partial charge < -0.3 is 9.50 Å². The molecule has 0 aromatic heterocycles. The van der Waals surface area contributed by atoms with Crippen LogP contribution in [-0.4, -0.2) is 43.4 Å². The number of nitrogens with one attached hydrogen (secondary N) is 1. The molecule has 1 rings (SSSR count). The predicted octanol–water partition coefficient (Wildman–Crippen LogP) is -0.330. The van der Waals surface area contributed by atoms with E-state index < -0.39 is 0 Å². The summed E-state index contributed by atoms with van der Waals surface area (Å²) in [7, 11) is 0. The van der Waals surface area contributed by atoms with E-state index in [1.165, 1.54) is 12.0 Å². The average molecular weight is 176 g/mol. The Bertz CT molecular complexity index is 117. The summed E-state index contributed by atoms with van der Waals surface area (Å²) < 4.78 is 5.09. The van der Waals surface area contributed by atoms with Crippen LogP contribution in [0.25, 0.3) is 0 Å². The van der Waals surface area contributed by atoms with Crippen LogP contribution in [0.15, 0.2) is 0 Å². The molecule has 64 valence electrons. The minimum absolute atomic E-state index is 0.726. The van der Waals surface area contributed by atoms with E-state index in [1.807, 2.05) is 0 Å². The number of nitrogens with zero attached hydrogens (tertiary/aromatic N) is 1. The highest BCUT2D eigenvalue weighted by atomic mass is 32.2. The lowest BCUT2D eigenvalue weighted by Crippen LogP contribution is -2.36. The van der Waals surface area contributed by atoms with Crippen molar-refractivity contribution in [3.63, 3.8) is 0 Å². The van der Waals surface area contributed by atoms with Gasteiger partial charge in [-0.05, 0) is 0 Å². The maximum Gasteiger partial charge on any atom is 0.207 e. The third-order valence-corrected chi connectivity index (χ3v) is 2.27. The van der Waals surface area contributed by atoms with E-state index in [4.69, 9.17) is 4.18 Å². The Morgan fingerprint density at radius 1 is 1.73 bits per heavy atom. The number of amides is 1. The summed E-state index contributed by atoms with van der Waals surface area (Å²) in [4.78, 5) is 12.1. The van der Waals surface area contributed by atoms with Gasteiger partial charge in [-0.15, -0.1) is 0 Å². The van der Waals surface area contributed by atoms with Gasteiger partial charge in [-0.1, -0.05) is 0 Å². The SMILES string of the molecule is O=CNCCN1CCOSC1. The van der Waals surface area contributed by atoms with Gasteiger partial charge >= 0.3 is 0 Å². The molecule has 0 atom stereocenters. The highest BCUT2D eigenvalue weighted by Gasteiger charge is 2.09. The van der Waals surface area contributed by atoms with E-state index >= 15 is 0 Å². The van der Waals surface area contributed by atoms with E-state index in [9.17, 15) is 4.79 Å². The fourth-order valence-electron chi connectivity index (χ4n) is 0.860. The summed E-state index contributed by atoms with van der Waals surface area (Å²) in [6.45, 7) is 3.39. The zero-order valence-corrected chi connectivity index (χ0v) is 7.10. The third kappa shape index (κ3) is 3.60. The van der Waals surface area contributed by atoms with Gasteiger partial charge in [0.25, 0.3) is 0 Å². The van der Waals surface area contributed by atoms with Crippen molar-refractivity contribution in [3.05, 3.63) is 0 Å². The first-order valence-electron chi connectivity index (χ1n) is 3.57. The number of carbonyl (C=O) groups excluding carboxylic acids is 1. The zero-order valence-electron chi connectivity index (χ0n) is 6.28. The molecule has 1 aliphatic heterocycles. The van der Waals surface area contributed by atoms with Crippen molar-refractivity contribution in [1.29, 1.82) is 0 Å². The van der Waals surface area contributed by atoms with Crippen molar-refractivity contribution in [2.75, 3.05) is 32.1 Å². The lowest BCUT2D eigenvalue weighted by atomic mass is 10.5. The maximum absolute atomic E-state index is 9.89. The summed E-state index contributed by atoms with van der Waals surface area (Å²) >= 11 is 1.47. The van der Waals surface area contributed by atoms with Crippen molar-refractivity contribution >= 4 is 18.5 Å². The summed E-state index contributed by atoms with van der Waals surface area (Å²) in [5.41, 5.74) is 0. The van der Waals surface area contributed by atoms with Crippen molar-refractivity contribution in [2.45, 2.75) is 0 Å². The first-order valence-corrected chi connectivity index (χ1v) is 4.48. The van der Waals surface area contributed by atoms with Crippen molar-refractivity contribution in [2.24, 2.45) is 0 Å². The molecule has 1 saturated heterocycles. The second-order valence-electron chi connectivity index (χ2n) is 2.26. The molecule has 1 N–H and O–H groups in total. The Balaban J connectivity index is 2.00. The van der Waals surface area contributed by atoms with E-state index in [-0.39, 0.29) is 0 Å². The van der Waals surface area contributed by atoms with Gasteiger partial charge in [-0.25, -0.2) is 0 Å². The van der Waals surface area contributed by atoms with Crippen molar-refractivity contribution < 1.29 is 8.98 Å². The molecule has 0 aromatic rings. The Morgan fingerprint density at radius 3 is 3.27 bits per heavy atom. The maximum atomic E-state index is 9.89. The van der Waals surface area contributed by atoms with Crippen LogP contribution in [0, 0.1) is 0 Å². The molecular formula is C6H12N2O2S. The molecule has 0 bridgehead atoms. The van der Waals surface area contributed by atoms with Crippen LogP contribution in [0.3, 0.4) is 0 Å². The second-order valence-corrected chi connectivity index (χ2v) is 2.99. The molecule has 0 spiro atoms. The summed E-state index contributed by atoms with van der Waals surface area (Å²) in [5.74, 6) is 0.903. The van der Waals surface area contributed by atoms with Gasteiger partial charge in [0.1, 0.15) is 0 Å². The molecule has 1 fully saturated rings. The highest BCUT2D eigenvalue weighted by Crippen LogP contribution is 2.10. The number of rotatable bonds is 4. The Hall–Kier alpha value is -0.260. The third-order valence-electron chi connectivity index (χ3n) is 1.47. The second kappa shape index (κ2) is 5.40. The van der Waals surface area contributed by atoms with Crippen LogP contribution in [0.5, 0.6) is 0 Å². The van der Waals surface area contributed by atoms with Gasteiger partial charge in [-0.2, -0.15) is 0 Å². The summed E-state index contributed by atoms with van der Waals surface area (Å²) in [6.07, 6.45) is 0.730. The Kier molecular flexibility index (Phi) is 4.33. The molecule has 0 radical (unpaired) electrons. The normalized spacial score (nSPS) is 19.6. The van der Waals surface area contributed by atoms with Crippen molar-refractivity contribution in [1.82, 2.24) is 10.2 Å². The van der Waals surface area contributed by atoms with E-state index in [0.29, 0.717) is 0 Å². The Morgan fingerprint density at radius 2 is 2.64 bits per heavy atom. The lowest BCUT2D eigenvalue weighted by Gasteiger charge is -2.24. The van der Waals surface area contributed by atoms with Crippen LogP contribution >= 0.6 is 12.0 Å². The number of carbonyl (C=O) groups is 1. The lowest BCUT2D eigenvalue weighted by molar-refractivity contribution is -0.109. The molecule has 1 aliphatic rings. The first-order chi connectivity index (χ1) is 5.43. The monoisotopic (exact) mass is 176 g/mol. The smallest absolute Gasteiger partial charge is 0.207 e. The number of hydrogen-bond donors (Lipinski definition) is 1. The Labute approximate surface area is 70.5 Å². The molecule has 1 heterocycles. The fraction of sp³-hybridized carbons (Fsp3) is 0.833. The van der Waals surface area contributed by atoms with Gasteiger partial charge in [0.15, 0.2) is 0 Å². The minimum atomic E-state index is 0.726. The van der Waals surface area contributed by atoms with Crippen LogP contribution in [-0.2, 0) is 8.98 Å². The molecule has 1 amide bonds. The van der Waals surface area contributed by atoms with Crippen LogP contribution in [0.1, 0.15) is 0 Å². The molecule has 0 saturated carbocycles. The fourth-order valence-corrected chi connectivity index (χ4v) is 1.53. The molecule has 0 unspecified atom stereocenters. The van der Waals surface area contributed by atoms with Crippen LogP contribution in [0.4, 0.5) is 0 Å². The minimum Gasteiger partial charge on any atom is -0.357 e. The largest absolute Gasteiger partial charge is 0.357 e. The van der Waals surface area contributed by atoms with Gasteiger partial charge in [-0.3, -0.25) is 9.69 Å². The quantitative estimate of drug-likeness (QED) is 0.362. The standard InChI is InChI=1S/C6H12N2O2S/c9-5-7-1-2-8-3-4-10-11-6-8/h5H,1-4,6H2,(H,7,9). The molecular weight excluding hydrogens is 164 g/mol. The van der Waals surface area contributed by atoms with Gasteiger partial charge in [0, 0.05) is 31.7 Å². The van der Waals surface area contributed by atoms with Crippen LogP contribution in [0.2, 0.25) is 0 Å². The molecule has 4 nitrogen and oxygen atoms in total. The van der Waals surface area contributed by atoms with Crippen LogP contribution < -0.4 is 5.32 Å². The van der Waals surface area contributed by atoms with E-state index in [0.717, 1.165) is 38.5 Å². The summed E-state index contributed by atoms with van der Waals surface area (Å²) in [5, 5.41) is 2.62. The molecule has 5 heteroatoms. The molecule has 0 aromatic carbocycles. The predicted molar refractivity (Wildman–Crippen MR) is 44.0 cm³/mol. The first kappa shape index (κ1) is 8.83. The topological polar surface area (TPSA) is 41.6 Å². The molecule has 11 heavy (non-hydrogen) atoms. The van der Waals surface area contributed by atoms with E-state index in [1.54, 1.807) is 0 Å². The molecule has 0 aliphatic carbocycles. The van der Waals surface area contributed by atoms with Gasteiger partial charge in [0.05, 0.1) is 12.5 Å². The van der Waals surface area contributed by atoms with Gasteiger partial charge in [0.2, 0.25) is 6.41 Å². The number of hydrogen-bond acceptors (Lipinski definition) is 4. The van der Waals surface area contributed by atoms with Crippen molar-refractivity contribution in [3.8, 4) is 0 Å². The van der Waals surface area contributed by atoms with E-state index in [2.05, 4.69) is 10.2 Å².